The lowest BCUT2D eigenvalue weighted by atomic mass is 10.1. The van der Waals surface area contributed by atoms with Gasteiger partial charge in [0.05, 0.1) is 14.2 Å². The normalized spacial score (nSPS) is 11.6. The molecule has 0 fully saturated rings. The van der Waals surface area contributed by atoms with Crippen LogP contribution in [0.2, 0.25) is 0 Å². The Hall–Kier alpha value is -3.65. The molecule has 2 aromatic carbocycles. The molecule has 3 rings (SSSR count). The number of benzene rings is 2. The molecule has 0 bridgehead atoms. The van der Waals surface area contributed by atoms with Gasteiger partial charge in [-0.15, -0.1) is 0 Å². The Kier molecular flexibility index (Phi) is 6.82. The minimum Gasteiger partial charge on any atom is -0.497 e. The molecule has 0 aliphatic carbocycles. The van der Waals surface area contributed by atoms with E-state index < -0.39 is 0 Å². The first-order valence-corrected chi connectivity index (χ1v) is 9.52. The molecule has 30 heavy (non-hydrogen) atoms. The van der Waals surface area contributed by atoms with Crippen LogP contribution in [0, 0.1) is 6.92 Å². The predicted octanol–water partition coefficient (Wildman–Crippen LogP) is 1.75. The molecular weight excluding hydrogens is 384 g/mol. The first kappa shape index (κ1) is 21.1. The molecule has 1 heterocycles. The van der Waals surface area contributed by atoms with Crippen LogP contribution >= 0.6 is 0 Å². The lowest BCUT2D eigenvalue weighted by Gasteiger charge is -2.13. The third-order valence-electron chi connectivity index (χ3n) is 4.42. The van der Waals surface area contributed by atoms with Crippen molar-refractivity contribution >= 4 is 23.4 Å². The second-order valence-electron chi connectivity index (χ2n) is 7.08. The molecule has 1 atom stereocenters. The maximum Gasteiger partial charge on any atom is 0.281 e. The van der Waals surface area contributed by atoms with E-state index in [2.05, 4.69) is 15.8 Å². The highest BCUT2D eigenvalue weighted by Crippen LogP contribution is 2.21. The van der Waals surface area contributed by atoms with E-state index in [1.165, 1.54) is 0 Å². The Bertz CT molecular complexity index is 997. The second kappa shape index (κ2) is 9.71. The SMILES string of the molecule is COc1ccc(NC(=O)C[NH+](C)CC(=O)Nc2cc(-c3ccc(C)cc3)no2)cc1. The standard InChI is InChI=1S/C22H24N4O4/c1-15-4-6-16(7-5-15)19-12-22(30-25-19)24-21(28)14-26(2)13-20(27)23-17-8-10-18(29-3)11-9-17/h4-12H,13-14H2,1-3H3,(H,23,27)(H,24,28)/p+1. The van der Waals surface area contributed by atoms with Crippen LogP contribution in [0.3, 0.4) is 0 Å². The number of hydrogen-bond donors (Lipinski definition) is 3. The van der Waals surface area contributed by atoms with E-state index in [9.17, 15) is 9.59 Å². The fourth-order valence-corrected chi connectivity index (χ4v) is 2.87. The first-order valence-electron chi connectivity index (χ1n) is 9.52. The van der Waals surface area contributed by atoms with Crippen molar-refractivity contribution in [3.63, 3.8) is 0 Å². The van der Waals surface area contributed by atoms with Gasteiger partial charge in [0.25, 0.3) is 11.8 Å². The highest BCUT2D eigenvalue weighted by atomic mass is 16.5. The molecule has 0 aliphatic heterocycles. The van der Waals surface area contributed by atoms with Crippen LogP contribution < -0.4 is 20.3 Å². The topological polar surface area (TPSA) is 97.9 Å². The maximum atomic E-state index is 12.3. The van der Waals surface area contributed by atoms with Gasteiger partial charge in [-0.3, -0.25) is 14.9 Å². The largest absolute Gasteiger partial charge is 0.497 e. The zero-order chi connectivity index (χ0) is 21.5. The molecular formula is C22H25N4O4+. The molecule has 8 nitrogen and oxygen atoms in total. The molecule has 0 saturated carbocycles. The molecule has 0 saturated heterocycles. The molecule has 0 spiro atoms. The Balaban J connectivity index is 1.47. The van der Waals surface area contributed by atoms with Crippen LogP contribution in [0.25, 0.3) is 11.3 Å². The smallest absolute Gasteiger partial charge is 0.281 e. The van der Waals surface area contributed by atoms with Crippen LogP contribution in [0.15, 0.2) is 59.1 Å². The Morgan fingerprint density at radius 1 is 1.00 bits per heavy atom. The number of quaternary nitrogens is 1. The average Bonchev–Trinajstić information content (AvgIpc) is 3.17. The van der Waals surface area contributed by atoms with E-state index in [0.717, 1.165) is 16.0 Å². The number of aryl methyl sites for hydroxylation is 1. The van der Waals surface area contributed by atoms with Crippen molar-refractivity contribution in [1.29, 1.82) is 0 Å². The summed E-state index contributed by atoms with van der Waals surface area (Å²) >= 11 is 0. The van der Waals surface area contributed by atoms with Gasteiger partial charge in [0.1, 0.15) is 11.4 Å². The molecule has 156 valence electrons. The molecule has 3 N–H and O–H groups in total. The lowest BCUT2D eigenvalue weighted by molar-refractivity contribution is -0.862. The van der Waals surface area contributed by atoms with Crippen molar-refractivity contribution in [1.82, 2.24) is 5.16 Å². The number of nitrogens with one attached hydrogen (secondary N) is 3. The van der Waals surface area contributed by atoms with Crippen LogP contribution in [0.1, 0.15) is 5.56 Å². The summed E-state index contributed by atoms with van der Waals surface area (Å²) in [5.74, 6) is 0.527. The van der Waals surface area contributed by atoms with Gasteiger partial charge in [-0.1, -0.05) is 35.0 Å². The van der Waals surface area contributed by atoms with Gasteiger partial charge in [0, 0.05) is 17.3 Å². The van der Waals surface area contributed by atoms with Gasteiger partial charge in [-0.2, -0.15) is 0 Å². The molecule has 2 amide bonds. The summed E-state index contributed by atoms with van der Waals surface area (Å²) < 4.78 is 10.3. The quantitative estimate of drug-likeness (QED) is 0.527. The van der Waals surface area contributed by atoms with Crippen molar-refractivity contribution in [3.05, 3.63) is 60.2 Å². The second-order valence-corrected chi connectivity index (χ2v) is 7.08. The number of anilines is 2. The maximum absolute atomic E-state index is 12.3. The highest BCUT2D eigenvalue weighted by molar-refractivity contribution is 5.92. The van der Waals surface area contributed by atoms with E-state index in [1.54, 1.807) is 44.5 Å². The van der Waals surface area contributed by atoms with E-state index in [1.807, 2.05) is 31.2 Å². The molecule has 1 unspecified atom stereocenters. The highest BCUT2D eigenvalue weighted by Gasteiger charge is 2.16. The molecule has 0 radical (unpaired) electrons. The fourth-order valence-electron chi connectivity index (χ4n) is 2.87. The van der Waals surface area contributed by atoms with Gasteiger partial charge in [0.15, 0.2) is 13.1 Å². The van der Waals surface area contributed by atoms with E-state index in [0.29, 0.717) is 17.1 Å². The van der Waals surface area contributed by atoms with Gasteiger partial charge >= 0.3 is 0 Å². The Morgan fingerprint density at radius 2 is 1.63 bits per heavy atom. The van der Waals surface area contributed by atoms with Crippen molar-refractivity contribution in [3.8, 4) is 17.0 Å². The number of aromatic nitrogens is 1. The summed E-state index contributed by atoms with van der Waals surface area (Å²) in [7, 11) is 3.35. The third-order valence-corrected chi connectivity index (χ3v) is 4.42. The first-order chi connectivity index (χ1) is 14.4. The van der Waals surface area contributed by atoms with Gasteiger partial charge in [-0.05, 0) is 31.2 Å². The van der Waals surface area contributed by atoms with Crippen LogP contribution in [-0.4, -0.2) is 44.2 Å². The number of nitrogens with zero attached hydrogens (tertiary/aromatic N) is 1. The number of hydrogen-bond acceptors (Lipinski definition) is 5. The van der Waals surface area contributed by atoms with Gasteiger partial charge < -0.3 is 19.5 Å². The average molecular weight is 409 g/mol. The van der Waals surface area contributed by atoms with Crippen LogP contribution in [0.5, 0.6) is 5.75 Å². The van der Waals surface area contributed by atoms with E-state index >= 15 is 0 Å². The number of amides is 2. The van der Waals surface area contributed by atoms with Crippen LogP contribution in [0.4, 0.5) is 11.6 Å². The van der Waals surface area contributed by atoms with Gasteiger partial charge in [0.2, 0.25) is 5.88 Å². The van der Waals surface area contributed by atoms with E-state index in [4.69, 9.17) is 9.26 Å². The number of likely N-dealkylation sites (N-methyl/N-ethyl adjacent to an activating group) is 1. The number of carbonyl (C=O) groups excluding carboxylic acids is 2. The Labute approximate surface area is 174 Å². The van der Waals surface area contributed by atoms with Crippen molar-refractivity contribution in [2.75, 3.05) is 37.9 Å². The predicted molar refractivity (Wildman–Crippen MR) is 114 cm³/mol. The van der Waals surface area contributed by atoms with Crippen molar-refractivity contribution < 1.29 is 23.7 Å². The van der Waals surface area contributed by atoms with Gasteiger partial charge in [-0.25, -0.2) is 0 Å². The summed E-state index contributed by atoms with van der Waals surface area (Å²) in [6.07, 6.45) is 0. The Morgan fingerprint density at radius 3 is 2.27 bits per heavy atom. The number of methoxy groups -OCH3 is 1. The molecule has 0 aliphatic rings. The summed E-state index contributed by atoms with van der Waals surface area (Å²) in [6.45, 7) is 2.26. The third kappa shape index (κ3) is 5.92. The summed E-state index contributed by atoms with van der Waals surface area (Å²) in [6, 6.07) is 16.6. The molecule has 3 aromatic rings. The monoisotopic (exact) mass is 409 g/mol. The minimum atomic E-state index is -0.267. The van der Waals surface area contributed by atoms with Crippen LogP contribution in [-0.2, 0) is 9.59 Å². The summed E-state index contributed by atoms with van der Waals surface area (Å²) in [5, 5.41) is 9.46. The zero-order valence-electron chi connectivity index (χ0n) is 17.2. The number of ether oxygens (including phenoxy) is 1. The number of carbonyl (C=O) groups is 2. The summed E-state index contributed by atoms with van der Waals surface area (Å²) in [5.41, 5.74) is 3.37. The molecule has 8 heteroatoms. The minimum absolute atomic E-state index is 0.108. The van der Waals surface area contributed by atoms with Crippen molar-refractivity contribution in [2.24, 2.45) is 0 Å². The zero-order valence-corrected chi connectivity index (χ0v) is 17.2. The van der Waals surface area contributed by atoms with E-state index in [-0.39, 0.29) is 30.8 Å². The summed E-state index contributed by atoms with van der Waals surface area (Å²) in [4.78, 5) is 25.2. The fraction of sp³-hybridized carbons (Fsp3) is 0.227. The molecule has 1 aromatic heterocycles. The number of rotatable bonds is 8. The van der Waals surface area contributed by atoms with Crippen molar-refractivity contribution in [2.45, 2.75) is 6.92 Å². The lowest BCUT2D eigenvalue weighted by Crippen LogP contribution is -3.11.